The van der Waals surface area contributed by atoms with Crippen molar-refractivity contribution >= 4 is 5.95 Å². The molecule has 18 heavy (non-hydrogen) atoms. The van der Waals surface area contributed by atoms with E-state index in [1.807, 2.05) is 12.4 Å². The Hall–Kier alpha value is -1.16. The van der Waals surface area contributed by atoms with Crippen molar-refractivity contribution in [2.45, 2.75) is 40.2 Å². The molecule has 4 nitrogen and oxygen atoms in total. The Morgan fingerprint density at radius 1 is 1.28 bits per heavy atom. The van der Waals surface area contributed by atoms with E-state index in [1.54, 1.807) is 0 Å². The predicted molar refractivity (Wildman–Crippen MR) is 76.8 cm³/mol. The van der Waals surface area contributed by atoms with Gasteiger partial charge in [-0.3, -0.25) is 0 Å². The molecule has 4 heteroatoms. The Balaban J connectivity index is 2.48. The van der Waals surface area contributed by atoms with Crippen LogP contribution in [0.25, 0.3) is 0 Å². The number of hydrogen-bond donors (Lipinski definition) is 1. The fourth-order valence-electron chi connectivity index (χ4n) is 1.72. The second-order valence-corrected chi connectivity index (χ2v) is 4.96. The molecule has 1 aromatic heterocycles. The summed E-state index contributed by atoms with van der Waals surface area (Å²) in [7, 11) is 2.05. The van der Waals surface area contributed by atoms with Gasteiger partial charge >= 0.3 is 0 Å². The fourth-order valence-corrected chi connectivity index (χ4v) is 1.72. The van der Waals surface area contributed by atoms with Gasteiger partial charge in [0.05, 0.1) is 0 Å². The highest BCUT2D eigenvalue weighted by molar-refractivity contribution is 5.28. The van der Waals surface area contributed by atoms with Gasteiger partial charge in [0.2, 0.25) is 5.95 Å². The second kappa shape index (κ2) is 8.03. The third kappa shape index (κ3) is 5.00. The summed E-state index contributed by atoms with van der Waals surface area (Å²) in [6.07, 6.45) is 6.16. The van der Waals surface area contributed by atoms with Crippen molar-refractivity contribution in [2.75, 3.05) is 25.0 Å². The summed E-state index contributed by atoms with van der Waals surface area (Å²) in [5.41, 5.74) is 1.14. The van der Waals surface area contributed by atoms with Crippen molar-refractivity contribution < 1.29 is 0 Å². The minimum atomic E-state index is 0.671. The quantitative estimate of drug-likeness (QED) is 0.720. The maximum Gasteiger partial charge on any atom is 0.225 e. The number of aromatic nitrogens is 2. The first-order chi connectivity index (χ1) is 8.67. The molecule has 0 radical (unpaired) electrons. The summed E-state index contributed by atoms with van der Waals surface area (Å²) in [6, 6.07) is 0. The Bertz CT molecular complexity index is 323. The van der Waals surface area contributed by atoms with Crippen molar-refractivity contribution in [3.05, 3.63) is 18.0 Å². The zero-order chi connectivity index (χ0) is 13.4. The summed E-state index contributed by atoms with van der Waals surface area (Å²) >= 11 is 0. The maximum atomic E-state index is 4.42. The van der Waals surface area contributed by atoms with Gasteiger partial charge in [-0.2, -0.15) is 0 Å². The van der Waals surface area contributed by atoms with Crippen LogP contribution in [0.5, 0.6) is 0 Å². The number of nitrogens with one attached hydrogen (secondary N) is 1. The van der Waals surface area contributed by atoms with Gasteiger partial charge in [-0.1, -0.05) is 27.2 Å². The van der Waals surface area contributed by atoms with Crippen LogP contribution < -0.4 is 10.2 Å². The Morgan fingerprint density at radius 3 is 2.50 bits per heavy atom. The van der Waals surface area contributed by atoms with Gasteiger partial charge in [-0.25, -0.2) is 9.97 Å². The van der Waals surface area contributed by atoms with Crippen LogP contribution in [-0.2, 0) is 6.54 Å². The Morgan fingerprint density at radius 2 is 1.94 bits per heavy atom. The van der Waals surface area contributed by atoms with E-state index in [1.165, 1.54) is 6.42 Å². The van der Waals surface area contributed by atoms with E-state index in [9.17, 15) is 0 Å². The van der Waals surface area contributed by atoms with E-state index >= 15 is 0 Å². The van der Waals surface area contributed by atoms with Crippen molar-refractivity contribution in [3.8, 4) is 0 Å². The molecule has 0 bridgehead atoms. The van der Waals surface area contributed by atoms with Crippen LogP contribution in [0.1, 0.15) is 39.2 Å². The molecule has 0 saturated heterocycles. The standard InChI is InChI=1S/C14H26N4/c1-5-7-15-8-13-9-16-14(17-10-13)18(4)11-12(3)6-2/h9-10,12,15H,5-8,11H2,1-4H3. The largest absolute Gasteiger partial charge is 0.344 e. The van der Waals surface area contributed by atoms with Crippen LogP contribution in [0.15, 0.2) is 12.4 Å². The molecular formula is C14H26N4. The van der Waals surface area contributed by atoms with Crippen molar-refractivity contribution in [2.24, 2.45) is 5.92 Å². The first kappa shape index (κ1) is 14.9. The van der Waals surface area contributed by atoms with Gasteiger partial charge in [0.25, 0.3) is 0 Å². The molecule has 1 heterocycles. The van der Waals surface area contributed by atoms with Gasteiger partial charge in [0.1, 0.15) is 0 Å². The van der Waals surface area contributed by atoms with Crippen LogP contribution in [0.3, 0.4) is 0 Å². The zero-order valence-corrected chi connectivity index (χ0v) is 12.1. The number of anilines is 1. The molecule has 1 aromatic rings. The molecule has 0 fully saturated rings. The molecule has 0 saturated carbocycles. The second-order valence-electron chi connectivity index (χ2n) is 4.96. The summed E-state index contributed by atoms with van der Waals surface area (Å²) in [6.45, 7) is 9.51. The molecule has 0 amide bonds. The minimum Gasteiger partial charge on any atom is -0.344 e. The molecule has 1 N–H and O–H groups in total. The van der Waals surface area contributed by atoms with E-state index in [4.69, 9.17) is 0 Å². The molecule has 1 rings (SSSR count). The zero-order valence-electron chi connectivity index (χ0n) is 12.1. The van der Waals surface area contributed by atoms with E-state index in [-0.39, 0.29) is 0 Å². The molecule has 1 atom stereocenters. The smallest absolute Gasteiger partial charge is 0.225 e. The number of hydrogen-bond acceptors (Lipinski definition) is 4. The first-order valence-electron chi connectivity index (χ1n) is 6.90. The van der Waals surface area contributed by atoms with E-state index in [2.05, 4.69) is 48.0 Å². The lowest BCUT2D eigenvalue weighted by Crippen LogP contribution is -2.25. The minimum absolute atomic E-state index is 0.671. The molecule has 1 unspecified atom stereocenters. The molecule has 0 spiro atoms. The Kier molecular flexibility index (Phi) is 6.65. The van der Waals surface area contributed by atoms with Gasteiger partial charge in [-0.15, -0.1) is 0 Å². The SMILES string of the molecule is CCCNCc1cnc(N(C)CC(C)CC)nc1. The van der Waals surface area contributed by atoms with Crippen LogP contribution in [-0.4, -0.2) is 30.1 Å². The normalized spacial score (nSPS) is 12.4. The monoisotopic (exact) mass is 250 g/mol. The van der Waals surface area contributed by atoms with Crippen LogP contribution >= 0.6 is 0 Å². The highest BCUT2D eigenvalue weighted by atomic mass is 15.2. The lowest BCUT2D eigenvalue weighted by molar-refractivity contribution is 0.555. The van der Waals surface area contributed by atoms with Crippen molar-refractivity contribution in [1.82, 2.24) is 15.3 Å². The lowest BCUT2D eigenvalue weighted by atomic mass is 10.1. The topological polar surface area (TPSA) is 41.1 Å². The molecule has 0 aromatic carbocycles. The van der Waals surface area contributed by atoms with E-state index in [0.717, 1.165) is 37.6 Å². The molecule has 0 aliphatic rings. The van der Waals surface area contributed by atoms with Gasteiger partial charge < -0.3 is 10.2 Å². The summed E-state index contributed by atoms with van der Waals surface area (Å²) in [4.78, 5) is 11.0. The average Bonchev–Trinajstić information content (AvgIpc) is 2.39. The lowest BCUT2D eigenvalue weighted by Gasteiger charge is -2.20. The average molecular weight is 250 g/mol. The third-order valence-corrected chi connectivity index (χ3v) is 3.07. The molecular weight excluding hydrogens is 224 g/mol. The predicted octanol–water partition coefficient (Wildman–Crippen LogP) is 2.46. The number of rotatable bonds is 8. The third-order valence-electron chi connectivity index (χ3n) is 3.07. The van der Waals surface area contributed by atoms with Gasteiger partial charge in [-0.05, 0) is 18.9 Å². The van der Waals surface area contributed by atoms with Crippen LogP contribution in [0.4, 0.5) is 5.95 Å². The van der Waals surface area contributed by atoms with E-state index < -0.39 is 0 Å². The fraction of sp³-hybridized carbons (Fsp3) is 0.714. The maximum absolute atomic E-state index is 4.42. The van der Waals surface area contributed by atoms with Gasteiger partial charge in [0.15, 0.2) is 0 Å². The Labute approximate surface area is 111 Å². The summed E-state index contributed by atoms with van der Waals surface area (Å²) in [5.74, 6) is 1.49. The highest BCUT2D eigenvalue weighted by Crippen LogP contribution is 2.09. The van der Waals surface area contributed by atoms with Crippen LogP contribution in [0, 0.1) is 5.92 Å². The summed E-state index contributed by atoms with van der Waals surface area (Å²) in [5, 5.41) is 3.35. The molecule has 102 valence electrons. The van der Waals surface area contributed by atoms with Crippen molar-refractivity contribution in [3.63, 3.8) is 0 Å². The van der Waals surface area contributed by atoms with E-state index in [0.29, 0.717) is 5.92 Å². The molecule has 0 aliphatic carbocycles. The number of nitrogens with zero attached hydrogens (tertiary/aromatic N) is 3. The van der Waals surface area contributed by atoms with Crippen molar-refractivity contribution in [1.29, 1.82) is 0 Å². The molecule has 0 aliphatic heterocycles. The first-order valence-corrected chi connectivity index (χ1v) is 6.90. The summed E-state index contributed by atoms with van der Waals surface area (Å²) < 4.78 is 0. The highest BCUT2D eigenvalue weighted by Gasteiger charge is 2.07. The van der Waals surface area contributed by atoms with Gasteiger partial charge in [0, 0.05) is 38.1 Å². The van der Waals surface area contributed by atoms with Crippen LogP contribution in [0.2, 0.25) is 0 Å².